The molecule has 2 aromatic rings. The van der Waals surface area contributed by atoms with Gasteiger partial charge in [0.25, 0.3) is 0 Å². The second-order valence-electron chi connectivity index (χ2n) is 3.41. The number of nitrogens with zero attached hydrogens (tertiary/aromatic N) is 3. The zero-order chi connectivity index (χ0) is 12.4. The van der Waals surface area contributed by atoms with E-state index in [0.717, 1.165) is 0 Å². The van der Waals surface area contributed by atoms with E-state index in [4.69, 9.17) is 5.11 Å². The van der Waals surface area contributed by atoms with Crippen LogP contribution >= 0.6 is 0 Å². The zero-order valence-corrected chi connectivity index (χ0v) is 8.99. The highest BCUT2D eigenvalue weighted by atomic mass is 16.4. The molecule has 0 radical (unpaired) electrons. The minimum Gasteiger partial charge on any atom is -0.478 e. The lowest BCUT2D eigenvalue weighted by atomic mass is 10.2. The van der Waals surface area contributed by atoms with E-state index in [1.807, 2.05) is 0 Å². The molecule has 2 aromatic heterocycles. The second kappa shape index (κ2) is 4.17. The number of aromatic nitrogens is 3. The Morgan fingerprint density at radius 2 is 2.24 bits per heavy atom. The van der Waals surface area contributed by atoms with Crippen LogP contribution in [0.5, 0.6) is 0 Å². The lowest BCUT2D eigenvalue weighted by molar-refractivity contribution is 0.0695. The maximum Gasteiger partial charge on any atom is 0.337 e. The van der Waals surface area contributed by atoms with Crippen LogP contribution in [0.15, 0.2) is 24.7 Å². The van der Waals surface area contributed by atoms with Gasteiger partial charge in [0.1, 0.15) is 17.8 Å². The van der Waals surface area contributed by atoms with Gasteiger partial charge in [-0.05, 0) is 19.1 Å². The van der Waals surface area contributed by atoms with Crippen LogP contribution in [0.2, 0.25) is 0 Å². The van der Waals surface area contributed by atoms with E-state index in [2.05, 4.69) is 9.97 Å². The van der Waals surface area contributed by atoms with Gasteiger partial charge >= 0.3 is 5.97 Å². The van der Waals surface area contributed by atoms with Gasteiger partial charge in [0.2, 0.25) is 0 Å². The Hall–Kier alpha value is -2.50. The number of rotatable bonds is 3. The predicted molar refractivity (Wildman–Crippen MR) is 58.4 cm³/mol. The summed E-state index contributed by atoms with van der Waals surface area (Å²) in [5, 5.41) is 8.87. The fraction of sp³-hybridized carbons (Fsp3) is 0.0909. The number of carbonyl (C=O) groups is 2. The number of carbonyl (C=O) groups excluding carboxylic acids is 1. The lowest BCUT2D eigenvalue weighted by Gasteiger charge is -2.06. The van der Waals surface area contributed by atoms with Gasteiger partial charge in [0, 0.05) is 0 Å². The smallest absolute Gasteiger partial charge is 0.337 e. The second-order valence-corrected chi connectivity index (χ2v) is 3.41. The normalized spacial score (nSPS) is 10.2. The number of carboxylic acids is 1. The van der Waals surface area contributed by atoms with E-state index < -0.39 is 5.97 Å². The molecule has 86 valence electrons. The quantitative estimate of drug-likeness (QED) is 0.799. The number of aryl methyl sites for hydroxylation is 1. The first-order valence-corrected chi connectivity index (χ1v) is 4.82. The van der Waals surface area contributed by atoms with Crippen molar-refractivity contribution in [2.75, 3.05) is 0 Å². The van der Waals surface area contributed by atoms with Crippen LogP contribution in [0.3, 0.4) is 0 Å². The van der Waals surface area contributed by atoms with E-state index in [9.17, 15) is 9.59 Å². The summed E-state index contributed by atoms with van der Waals surface area (Å²) in [5.41, 5.74) is 0.891. The van der Waals surface area contributed by atoms with E-state index in [1.165, 1.54) is 29.2 Å². The first-order valence-electron chi connectivity index (χ1n) is 4.82. The molecule has 0 saturated heterocycles. The van der Waals surface area contributed by atoms with Crippen molar-refractivity contribution in [3.63, 3.8) is 0 Å². The number of imidazole rings is 1. The van der Waals surface area contributed by atoms with Crippen LogP contribution in [-0.4, -0.2) is 31.9 Å². The summed E-state index contributed by atoms with van der Waals surface area (Å²) in [7, 11) is 0. The molecule has 6 nitrogen and oxygen atoms in total. The number of aromatic carboxylic acids is 1. The number of hydrogen-bond acceptors (Lipinski definition) is 4. The van der Waals surface area contributed by atoms with E-state index >= 15 is 0 Å². The number of hydrogen-bond donors (Lipinski definition) is 1. The molecule has 1 N–H and O–H groups in total. The Morgan fingerprint density at radius 1 is 1.47 bits per heavy atom. The molecular formula is C11H9N3O3. The van der Waals surface area contributed by atoms with Crippen molar-refractivity contribution < 1.29 is 14.7 Å². The van der Waals surface area contributed by atoms with Crippen molar-refractivity contribution in [2.45, 2.75) is 6.92 Å². The minimum atomic E-state index is -1.03. The van der Waals surface area contributed by atoms with Crippen LogP contribution in [0.25, 0.3) is 5.82 Å². The van der Waals surface area contributed by atoms with Crippen LogP contribution in [0.4, 0.5) is 0 Å². The summed E-state index contributed by atoms with van der Waals surface area (Å²) in [5.74, 6) is -0.560. The molecule has 2 rings (SSSR count). The third kappa shape index (κ3) is 1.92. The molecule has 17 heavy (non-hydrogen) atoms. The van der Waals surface area contributed by atoms with Crippen molar-refractivity contribution in [3.8, 4) is 5.82 Å². The molecule has 0 saturated carbocycles. The topological polar surface area (TPSA) is 85.1 Å². The standard InChI is InChI=1S/C11H9N3O3/c1-7-9(11(16)17)2-3-10(13-7)14-6-12-4-8(14)5-15/h2-6H,1H3,(H,16,17). The van der Waals surface area contributed by atoms with E-state index in [1.54, 1.807) is 6.92 Å². The van der Waals surface area contributed by atoms with Crippen LogP contribution in [0.1, 0.15) is 26.5 Å². The fourth-order valence-electron chi connectivity index (χ4n) is 1.49. The minimum absolute atomic E-state index is 0.140. The van der Waals surface area contributed by atoms with Crippen LogP contribution in [-0.2, 0) is 0 Å². The number of pyridine rings is 1. The molecule has 0 aliphatic carbocycles. The van der Waals surface area contributed by atoms with Gasteiger partial charge < -0.3 is 5.11 Å². The molecule has 0 atom stereocenters. The molecule has 0 aliphatic heterocycles. The van der Waals surface area contributed by atoms with Gasteiger partial charge in [0.15, 0.2) is 6.29 Å². The largest absolute Gasteiger partial charge is 0.478 e. The van der Waals surface area contributed by atoms with Crippen molar-refractivity contribution in [2.24, 2.45) is 0 Å². The molecule has 0 amide bonds. The summed E-state index contributed by atoms with van der Waals surface area (Å²) in [6.45, 7) is 1.60. The molecule has 0 aromatic carbocycles. The first kappa shape index (κ1) is 11.0. The third-order valence-electron chi connectivity index (χ3n) is 2.34. The van der Waals surface area contributed by atoms with Crippen molar-refractivity contribution in [1.29, 1.82) is 0 Å². The maximum atomic E-state index is 10.8. The van der Waals surface area contributed by atoms with Gasteiger partial charge in [-0.15, -0.1) is 0 Å². The Kier molecular flexibility index (Phi) is 2.70. The summed E-state index contributed by atoms with van der Waals surface area (Å²) in [6.07, 6.45) is 3.52. The van der Waals surface area contributed by atoms with E-state index in [0.29, 0.717) is 23.5 Å². The van der Waals surface area contributed by atoms with Crippen molar-refractivity contribution in [1.82, 2.24) is 14.5 Å². The van der Waals surface area contributed by atoms with Gasteiger partial charge in [-0.2, -0.15) is 0 Å². The molecule has 0 unspecified atom stereocenters. The average Bonchev–Trinajstić information content (AvgIpc) is 2.76. The highest BCUT2D eigenvalue weighted by Crippen LogP contribution is 2.12. The molecular weight excluding hydrogens is 222 g/mol. The van der Waals surface area contributed by atoms with Gasteiger partial charge in [-0.1, -0.05) is 0 Å². The third-order valence-corrected chi connectivity index (χ3v) is 2.34. The highest BCUT2D eigenvalue weighted by molar-refractivity contribution is 5.88. The Balaban J connectivity index is 2.52. The Morgan fingerprint density at radius 3 is 2.82 bits per heavy atom. The molecule has 0 fully saturated rings. The average molecular weight is 231 g/mol. The molecule has 0 bridgehead atoms. The number of carboxylic acid groups (broad SMARTS) is 1. The molecule has 0 spiro atoms. The first-order chi connectivity index (χ1) is 8.13. The van der Waals surface area contributed by atoms with Gasteiger partial charge in [0.05, 0.1) is 17.5 Å². The monoisotopic (exact) mass is 231 g/mol. The molecule has 0 aliphatic rings. The molecule has 6 heteroatoms. The number of aldehydes is 1. The lowest BCUT2D eigenvalue weighted by Crippen LogP contribution is -2.06. The summed E-state index contributed by atoms with van der Waals surface area (Å²) in [6, 6.07) is 2.99. The van der Waals surface area contributed by atoms with Crippen LogP contribution in [0, 0.1) is 6.92 Å². The predicted octanol–water partition coefficient (Wildman–Crippen LogP) is 1.09. The van der Waals surface area contributed by atoms with Gasteiger partial charge in [-0.25, -0.2) is 14.8 Å². The Labute approximate surface area is 96.6 Å². The fourth-order valence-corrected chi connectivity index (χ4v) is 1.49. The van der Waals surface area contributed by atoms with E-state index in [-0.39, 0.29) is 5.56 Å². The SMILES string of the molecule is Cc1nc(-n2cncc2C=O)ccc1C(=O)O. The summed E-state index contributed by atoms with van der Waals surface area (Å²) < 4.78 is 1.49. The summed E-state index contributed by atoms with van der Waals surface area (Å²) >= 11 is 0. The van der Waals surface area contributed by atoms with Crippen molar-refractivity contribution in [3.05, 3.63) is 41.6 Å². The highest BCUT2D eigenvalue weighted by Gasteiger charge is 2.10. The summed E-state index contributed by atoms with van der Waals surface area (Å²) in [4.78, 5) is 29.5. The van der Waals surface area contributed by atoms with Crippen LogP contribution < -0.4 is 0 Å². The van der Waals surface area contributed by atoms with Crippen molar-refractivity contribution >= 4 is 12.3 Å². The molecule has 2 heterocycles. The zero-order valence-electron chi connectivity index (χ0n) is 8.99. The maximum absolute atomic E-state index is 10.8. The van der Waals surface area contributed by atoms with Gasteiger partial charge in [-0.3, -0.25) is 9.36 Å². The Bertz CT molecular complexity index is 589.